The number of anilines is 2. The number of morpholine rings is 1. The summed E-state index contributed by atoms with van der Waals surface area (Å²) in [5.74, 6) is 0.452. The Labute approximate surface area is 179 Å². The highest BCUT2D eigenvalue weighted by Gasteiger charge is 2.15. The van der Waals surface area contributed by atoms with E-state index in [1.165, 1.54) is 0 Å². The lowest BCUT2D eigenvalue weighted by molar-refractivity contribution is 0.102. The smallest absolute Gasteiger partial charge is 0.276 e. The molecule has 1 amide bonds. The van der Waals surface area contributed by atoms with Crippen LogP contribution in [0.2, 0.25) is 0 Å². The number of aryl methyl sites for hydroxylation is 1. The highest BCUT2D eigenvalue weighted by atomic mass is 16.5. The molecule has 0 bridgehead atoms. The third-order valence-corrected chi connectivity index (χ3v) is 5.31. The number of hydrogen-bond donors (Lipinski definition) is 1. The summed E-state index contributed by atoms with van der Waals surface area (Å²) in [4.78, 5) is 19.5. The van der Waals surface area contributed by atoms with Crippen molar-refractivity contribution in [2.75, 3.05) is 36.5 Å². The molecule has 0 aliphatic carbocycles. The summed E-state index contributed by atoms with van der Waals surface area (Å²) in [5.41, 5.74) is 4.75. The Kier molecular flexibility index (Phi) is 5.05. The van der Waals surface area contributed by atoms with Gasteiger partial charge in [0.2, 0.25) is 0 Å². The van der Waals surface area contributed by atoms with Gasteiger partial charge in [0, 0.05) is 36.7 Å². The van der Waals surface area contributed by atoms with Crippen molar-refractivity contribution in [1.29, 1.82) is 0 Å². The summed E-state index contributed by atoms with van der Waals surface area (Å²) >= 11 is 0. The zero-order chi connectivity index (χ0) is 21.2. The molecule has 1 N–H and O–H groups in total. The van der Waals surface area contributed by atoms with Crippen molar-refractivity contribution in [2.24, 2.45) is 0 Å². The Balaban J connectivity index is 1.33. The van der Waals surface area contributed by atoms with Gasteiger partial charge in [-0.25, -0.2) is 4.98 Å². The van der Waals surface area contributed by atoms with Crippen LogP contribution in [-0.4, -0.2) is 51.8 Å². The predicted octanol–water partition coefficient (Wildman–Crippen LogP) is 3.19. The lowest BCUT2D eigenvalue weighted by atomic mass is 10.1. The number of fused-ring (bicyclic) bond motifs is 1. The standard InChI is InChI=1S/C23H22N6O2/c1-16-4-3-9-29-15-20(25-22(16)29)17-5-2-6-18(14-17)24-23(30)19-7-8-21(27-26-19)28-10-12-31-13-11-28/h2-9,14-15H,10-13H2,1H3,(H,24,30). The Morgan fingerprint density at radius 1 is 1.06 bits per heavy atom. The minimum atomic E-state index is -0.302. The fourth-order valence-electron chi connectivity index (χ4n) is 3.65. The van der Waals surface area contributed by atoms with Crippen LogP contribution in [-0.2, 0) is 4.74 Å². The first-order valence-electron chi connectivity index (χ1n) is 10.2. The molecule has 0 saturated carbocycles. The van der Waals surface area contributed by atoms with E-state index in [2.05, 4.69) is 20.4 Å². The summed E-state index contributed by atoms with van der Waals surface area (Å²) in [7, 11) is 0. The first kappa shape index (κ1) is 19.2. The van der Waals surface area contributed by atoms with E-state index in [0.29, 0.717) is 18.9 Å². The summed E-state index contributed by atoms with van der Waals surface area (Å²) in [6, 6.07) is 15.2. The van der Waals surface area contributed by atoms with Gasteiger partial charge in [0.25, 0.3) is 5.91 Å². The molecule has 1 saturated heterocycles. The van der Waals surface area contributed by atoms with Crippen LogP contribution < -0.4 is 10.2 Å². The zero-order valence-electron chi connectivity index (χ0n) is 17.2. The molecule has 0 atom stereocenters. The molecule has 4 heterocycles. The largest absolute Gasteiger partial charge is 0.378 e. The van der Waals surface area contributed by atoms with Crippen LogP contribution in [0.25, 0.3) is 16.9 Å². The number of pyridine rings is 1. The molecular formula is C23H22N6O2. The van der Waals surface area contributed by atoms with E-state index in [0.717, 1.165) is 41.4 Å². The number of amides is 1. The third-order valence-electron chi connectivity index (χ3n) is 5.31. The van der Waals surface area contributed by atoms with Gasteiger partial charge in [0.1, 0.15) is 5.65 Å². The molecule has 1 fully saturated rings. The quantitative estimate of drug-likeness (QED) is 0.552. The molecule has 5 rings (SSSR count). The number of ether oxygens (including phenoxy) is 1. The summed E-state index contributed by atoms with van der Waals surface area (Å²) in [6.07, 6.45) is 3.96. The van der Waals surface area contributed by atoms with E-state index < -0.39 is 0 Å². The first-order chi connectivity index (χ1) is 15.2. The number of carbonyl (C=O) groups excluding carboxylic acids is 1. The van der Waals surface area contributed by atoms with Crippen molar-refractivity contribution in [1.82, 2.24) is 19.6 Å². The van der Waals surface area contributed by atoms with Crippen molar-refractivity contribution in [3.05, 3.63) is 72.2 Å². The Morgan fingerprint density at radius 3 is 2.71 bits per heavy atom. The van der Waals surface area contributed by atoms with Crippen LogP contribution >= 0.6 is 0 Å². The fourth-order valence-corrected chi connectivity index (χ4v) is 3.65. The van der Waals surface area contributed by atoms with Crippen LogP contribution in [0.3, 0.4) is 0 Å². The maximum Gasteiger partial charge on any atom is 0.276 e. The molecule has 1 aliphatic heterocycles. The lowest BCUT2D eigenvalue weighted by Crippen LogP contribution is -2.37. The second-order valence-corrected chi connectivity index (χ2v) is 7.46. The maximum absolute atomic E-state index is 12.7. The fraction of sp³-hybridized carbons (Fsp3) is 0.217. The van der Waals surface area contributed by atoms with Gasteiger partial charge < -0.3 is 19.4 Å². The number of hydrogen-bond acceptors (Lipinski definition) is 6. The Bertz CT molecular complexity index is 1230. The molecule has 1 aliphatic rings. The van der Waals surface area contributed by atoms with E-state index in [9.17, 15) is 4.79 Å². The molecule has 0 radical (unpaired) electrons. The van der Waals surface area contributed by atoms with Gasteiger partial charge in [-0.3, -0.25) is 4.79 Å². The number of nitrogens with zero attached hydrogens (tertiary/aromatic N) is 5. The monoisotopic (exact) mass is 414 g/mol. The second-order valence-electron chi connectivity index (χ2n) is 7.46. The minimum Gasteiger partial charge on any atom is -0.378 e. The normalized spacial score (nSPS) is 14.0. The van der Waals surface area contributed by atoms with Gasteiger partial charge >= 0.3 is 0 Å². The molecule has 8 nitrogen and oxygen atoms in total. The maximum atomic E-state index is 12.7. The zero-order valence-corrected chi connectivity index (χ0v) is 17.2. The average molecular weight is 414 g/mol. The molecule has 31 heavy (non-hydrogen) atoms. The highest BCUT2D eigenvalue weighted by Crippen LogP contribution is 2.24. The lowest BCUT2D eigenvalue weighted by Gasteiger charge is -2.27. The van der Waals surface area contributed by atoms with Gasteiger partial charge in [-0.1, -0.05) is 18.2 Å². The van der Waals surface area contributed by atoms with Gasteiger partial charge in [-0.05, 0) is 42.8 Å². The van der Waals surface area contributed by atoms with Crippen molar-refractivity contribution in [3.63, 3.8) is 0 Å². The molecule has 1 aromatic carbocycles. The number of rotatable bonds is 4. The Morgan fingerprint density at radius 2 is 1.94 bits per heavy atom. The number of imidazole rings is 1. The molecule has 156 valence electrons. The van der Waals surface area contributed by atoms with Crippen molar-refractivity contribution in [3.8, 4) is 11.3 Å². The van der Waals surface area contributed by atoms with Crippen LogP contribution in [0, 0.1) is 6.92 Å². The number of benzene rings is 1. The van der Waals surface area contributed by atoms with Crippen LogP contribution in [0.4, 0.5) is 11.5 Å². The number of carbonyl (C=O) groups is 1. The molecule has 4 aromatic rings. The molecule has 3 aromatic heterocycles. The van der Waals surface area contributed by atoms with Gasteiger partial charge in [-0.15, -0.1) is 10.2 Å². The minimum absolute atomic E-state index is 0.269. The molecule has 8 heteroatoms. The van der Waals surface area contributed by atoms with E-state index in [1.807, 2.05) is 66.2 Å². The topological polar surface area (TPSA) is 84.7 Å². The average Bonchev–Trinajstić information content (AvgIpc) is 3.26. The van der Waals surface area contributed by atoms with Gasteiger partial charge in [0.05, 0.1) is 18.9 Å². The highest BCUT2D eigenvalue weighted by molar-refractivity contribution is 6.03. The van der Waals surface area contributed by atoms with Crippen LogP contribution in [0.5, 0.6) is 0 Å². The SMILES string of the molecule is Cc1cccn2cc(-c3cccc(NC(=O)c4ccc(N5CCOCC5)nn4)c3)nc12. The molecular weight excluding hydrogens is 392 g/mol. The van der Waals surface area contributed by atoms with E-state index >= 15 is 0 Å². The summed E-state index contributed by atoms with van der Waals surface area (Å²) < 4.78 is 7.36. The number of nitrogens with one attached hydrogen (secondary N) is 1. The van der Waals surface area contributed by atoms with Gasteiger partial charge in [0.15, 0.2) is 11.5 Å². The van der Waals surface area contributed by atoms with Gasteiger partial charge in [-0.2, -0.15) is 0 Å². The summed E-state index contributed by atoms with van der Waals surface area (Å²) in [5, 5.41) is 11.2. The first-order valence-corrected chi connectivity index (χ1v) is 10.2. The third kappa shape index (κ3) is 3.97. The van der Waals surface area contributed by atoms with E-state index in [1.54, 1.807) is 6.07 Å². The number of aromatic nitrogens is 4. The van der Waals surface area contributed by atoms with Crippen molar-refractivity contribution >= 4 is 23.1 Å². The van der Waals surface area contributed by atoms with Crippen LogP contribution in [0.15, 0.2) is 60.9 Å². The Hall–Kier alpha value is -3.78. The van der Waals surface area contributed by atoms with E-state index in [-0.39, 0.29) is 11.6 Å². The van der Waals surface area contributed by atoms with E-state index in [4.69, 9.17) is 9.72 Å². The van der Waals surface area contributed by atoms with Crippen molar-refractivity contribution < 1.29 is 9.53 Å². The molecule has 0 unspecified atom stereocenters. The summed E-state index contributed by atoms with van der Waals surface area (Å²) in [6.45, 7) is 4.93. The predicted molar refractivity (Wildman–Crippen MR) is 118 cm³/mol. The molecule has 0 spiro atoms. The van der Waals surface area contributed by atoms with Crippen LogP contribution in [0.1, 0.15) is 16.1 Å². The second kappa shape index (κ2) is 8.16. The van der Waals surface area contributed by atoms with Crippen molar-refractivity contribution in [2.45, 2.75) is 6.92 Å².